The Balaban J connectivity index is 1.38. The van der Waals surface area contributed by atoms with Gasteiger partial charge >= 0.3 is 0 Å². The summed E-state index contributed by atoms with van der Waals surface area (Å²) in [6.45, 7) is 4.94. The first-order valence-electron chi connectivity index (χ1n) is 12.9. The summed E-state index contributed by atoms with van der Waals surface area (Å²) >= 11 is 1.36. The number of aromatic nitrogens is 3. The number of anilines is 1. The third kappa shape index (κ3) is 5.83. The molecule has 0 bridgehead atoms. The zero-order valence-electron chi connectivity index (χ0n) is 22.3. The van der Waals surface area contributed by atoms with E-state index in [4.69, 9.17) is 4.74 Å². The van der Waals surface area contributed by atoms with Gasteiger partial charge in [-0.25, -0.2) is 0 Å². The zero-order chi connectivity index (χ0) is 27.4. The van der Waals surface area contributed by atoms with Crippen molar-refractivity contribution < 1.29 is 14.3 Å². The number of carbonyl (C=O) groups excluding carboxylic acids is 2. The number of methoxy groups -OCH3 is 1. The van der Waals surface area contributed by atoms with E-state index in [0.717, 1.165) is 35.3 Å². The highest BCUT2D eigenvalue weighted by molar-refractivity contribution is 7.99. The number of benzene rings is 3. The van der Waals surface area contributed by atoms with E-state index in [1.165, 1.54) is 17.3 Å². The molecule has 0 aliphatic carbocycles. The summed E-state index contributed by atoms with van der Waals surface area (Å²) in [4.78, 5) is 28.1. The largest absolute Gasteiger partial charge is 0.497 e. The zero-order valence-corrected chi connectivity index (χ0v) is 23.1. The van der Waals surface area contributed by atoms with Crippen LogP contribution in [0.2, 0.25) is 0 Å². The molecule has 8 nitrogen and oxygen atoms in total. The van der Waals surface area contributed by atoms with Crippen LogP contribution in [0, 0.1) is 13.8 Å². The van der Waals surface area contributed by atoms with Gasteiger partial charge in [-0.05, 0) is 73.7 Å². The molecule has 5 rings (SSSR count). The van der Waals surface area contributed by atoms with E-state index in [1.807, 2.05) is 47.6 Å². The second kappa shape index (κ2) is 11.7. The Bertz CT molecular complexity index is 1520. The number of rotatable bonds is 8. The van der Waals surface area contributed by atoms with Crippen LogP contribution in [0.3, 0.4) is 0 Å². The Morgan fingerprint density at radius 1 is 1.00 bits per heavy atom. The number of amides is 2. The molecule has 9 heteroatoms. The van der Waals surface area contributed by atoms with Crippen molar-refractivity contribution in [3.63, 3.8) is 0 Å². The van der Waals surface area contributed by atoms with Crippen molar-refractivity contribution in [2.24, 2.45) is 0 Å². The number of aryl methyl sites for hydroxylation is 3. The standard InChI is InChI=1S/C30H31N5O3S/c1-20-13-14-21(2)26(16-20)35-27(18-31-29(37)23-9-6-11-24(17-23)38-3)32-33-30(35)39-19-28(36)34-15-7-10-22-8-4-5-12-25(22)34/h4-6,8-9,11-14,16-17H,7,10,15,18-19H2,1-3H3,(H,31,37). The SMILES string of the molecule is COc1cccc(C(=O)NCc2nnc(SCC(=O)N3CCCc4ccccc43)n2-c2cc(C)ccc2C)c1. The maximum atomic E-state index is 13.3. The Hall–Kier alpha value is -4.11. The van der Waals surface area contributed by atoms with E-state index in [2.05, 4.69) is 33.7 Å². The van der Waals surface area contributed by atoms with Crippen molar-refractivity contribution in [2.45, 2.75) is 38.4 Å². The Kier molecular flexibility index (Phi) is 7.97. The number of fused-ring (bicyclic) bond motifs is 1. The van der Waals surface area contributed by atoms with Crippen molar-refractivity contribution in [1.82, 2.24) is 20.1 Å². The molecule has 0 fully saturated rings. The summed E-state index contributed by atoms with van der Waals surface area (Å²) in [5.74, 6) is 1.22. The first-order valence-corrected chi connectivity index (χ1v) is 13.9. The highest BCUT2D eigenvalue weighted by atomic mass is 32.2. The van der Waals surface area contributed by atoms with Gasteiger partial charge in [-0.2, -0.15) is 0 Å². The number of thioether (sulfide) groups is 1. The van der Waals surface area contributed by atoms with E-state index >= 15 is 0 Å². The summed E-state index contributed by atoms with van der Waals surface area (Å²) in [6, 6.07) is 21.3. The van der Waals surface area contributed by atoms with Gasteiger partial charge in [0.15, 0.2) is 11.0 Å². The lowest BCUT2D eigenvalue weighted by atomic mass is 10.0. The van der Waals surface area contributed by atoms with Gasteiger partial charge in [-0.1, -0.05) is 48.2 Å². The number of hydrogen-bond acceptors (Lipinski definition) is 6. The first-order chi connectivity index (χ1) is 18.9. The second-order valence-electron chi connectivity index (χ2n) is 9.51. The fourth-order valence-corrected chi connectivity index (χ4v) is 5.57. The molecule has 1 aromatic heterocycles. The molecule has 3 aromatic carbocycles. The summed E-state index contributed by atoms with van der Waals surface area (Å²) in [5.41, 5.74) is 5.74. The summed E-state index contributed by atoms with van der Waals surface area (Å²) < 4.78 is 7.18. The quantitative estimate of drug-likeness (QED) is 0.320. The van der Waals surface area contributed by atoms with Crippen LogP contribution in [0.25, 0.3) is 5.69 Å². The van der Waals surface area contributed by atoms with E-state index < -0.39 is 0 Å². The second-order valence-corrected chi connectivity index (χ2v) is 10.4. The van der Waals surface area contributed by atoms with E-state index in [-0.39, 0.29) is 24.1 Å². The fourth-order valence-electron chi connectivity index (χ4n) is 4.73. The van der Waals surface area contributed by atoms with Crippen LogP contribution in [-0.4, -0.2) is 46.0 Å². The van der Waals surface area contributed by atoms with E-state index in [1.54, 1.807) is 31.4 Å². The normalized spacial score (nSPS) is 12.6. The van der Waals surface area contributed by atoms with Gasteiger partial charge in [0.25, 0.3) is 5.91 Å². The summed E-state index contributed by atoms with van der Waals surface area (Å²) in [5, 5.41) is 12.4. The van der Waals surface area contributed by atoms with Crippen LogP contribution in [0.15, 0.2) is 71.9 Å². The van der Waals surface area contributed by atoms with Gasteiger partial charge < -0.3 is 15.0 Å². The van der Waals surface area contributed by atoms with Crippen molar-refractivity contribution in [2.75, 3.05) is 24.3 Å². The minimum absolute atomic E-state index is 0.0375. The minimum Gasteiger partial charge on any atom is -0.497 e. The lowest BCUT2D eigenvalue weighted by molar-refractivity contribution is -0.116. The molecule has 0 atom stereocenters. The monoisotopic (exact) mass is 541 g/mol. The highest BCUT2D eigenvalue weighted by Gasteiger charge is 2.24. The van der Waals surface area contributed by atoms with Crippen LogP contribution in [0.5, 0.6) is 5.75 Å². The molecule has 0 unspecified atom stereocenters. The molecular weight excluding hydrogens is 510 g/mol. The van der Waals surface area contributed by atoms with Gasteiger partial charge in [0, 0.05) is 17.8 Å². The van der Waals surface area contributed by atoms with Gasteiger partial charge in [0.1, 0.15) is 5.75 Å². The van der Waals surface area contributed by atoms with Crippen LogP contribution >= 0.6 is 11.8 Å². The van der Waals surface area contributed by atoms with Crippen LogP contribution in [0.4, 0.5) is 5.69 Å². The molecule has 0 spiro atoms. The fraction of sp³-hybridized carbons (Fsp3) is 0.267. The van der Waals surface area contributed by atoms with Crippen molar-refractivity contribution in [3.05, 3.63) is 94.8 Å². The third-order valence-corrected chi connectivity index (χ3v) is 7.69. The summed E-state index contributed by atoms with van der Waals surface area (Å²) in [6.07, 6.45) is 1.93. The average Bonchev–Trinajstić information content (AvgIpc) is 3.38. The van der Waals surface area contributed by atoms with Crippen molar-refractivity contribution >= 4 is 29.3 Å². The molecule has 1 aliphatic heterocycles. The molecule has 39 heavy (non-hydrogen) atoms. The third-order valence-electron chi connectivity index (χ3n) is 6.78. The Labute approximate surface area is 232 Å². The van der Waals surface area contributed by atoms with Gasteiger partial charge in [-0.3, -0.25) is 14.2 Å². The molecule has 2 amide bonds. The molecule has 200 valence electrons. The molecule has 2 heterocycles. The number of nitrogens with one attached hydrogen (secondary N) is 1. The van der Waals surface area contributed by atoms with Crippen molar-refractivity contribution in [3.8, 4) is 11.4 Å². The molecule has 0 saturated heterocycles. The van der Waals surface area contributed by atoms with Crippen LogP contribution in [0.1, 0.15) is 39.3 Å². The number of nitrogens with zero attached hydrogens (tertiary/aromatic N) is 4. The number of carbonyl (C=O) groups is 2. The van der Waals surface area contributed by atoms with Gasteiger partial charge in [0.05, 0.1) is 25.1 Å². The maximum absolute atomic E-state index is 13.3. The number of hydrogen-bond donors (Lipinski definition) is 1. The lowest BCUT2D eigenvalue weighted by Crippen LogP contribution is -2.36. The minimum atomic E-state index is -0.238. The van der Waals surface area contributed by atoms with E-state index in [0.29, 0.717) is 28.8 Å². The van der Waals surface area contributed by atoms with Crippen molar-refractivity contribution in [1.29, 1.82) is 0 Å². The first kappa shape index (κ1) is 26.5. The molecule has 0 saturated carbocycles. The van der Waals surface area contributed by atoms with Gasteiger partial charge in [-0.15, -0.1) is 10.2 Å². The average molecular weight is 542 g/mol. The van der Waals surface area contributed by atoms with Crippen LogP contribution < -0.4 is 15.0 Å². The molecule has 4 aromatic rings. The predicted octanol–water partition coefficient (Wildman–Crippen LogP) is 4.89. The number of ether oxygens (including phenoxy) is 1. The summed E-state index contributed by atoms with van der Waals surface area (Å²) in [7, 11) is 1.57. The maximum Gasteiger partial charge on any atom is 0.251 e. The Morgan fingerprint density at radius 3 is 2.69 bits per heavy atom. The topological polar surface area (TPSA) is 89.3 Å². The smallest absolute Gasteiger partial charge is 0.251 e. The van der Waals surface area contributed by atoms with E-state index in [9.17, 15) is 9.59 Å². The Morgan fingerprint density at radius 2 is 1.85 bits per heavy atom. The molecule has 1 N–H and O–H groups in total. The van der Waals surface area contributed by atoms with Crippen LogP contribution in [-0.2, 0) is 17.8 Å². The molecule has 0 radical (unpaired) electrons. The predicted molar refractivity (Wildman–Crippen MR) is 153 cm³/mol. The van der Waals surface area contributed by atoms with Gasteiger partial charge in [0.2, 0.25) is 5.91 Å². The molecule has 1 aliphatic rings. The molecular formula is C30H31N5O3S. The number of para-hydroxylation sites is 1. The highest BCUT2D eigenvalue weighted by Crippen LogP contribution is 2.29. The lowest BCUT2D eigenvalue weighted by Gasteiger charge is -2.29.